The van der Waals surface area contributed by atoms with Crippen LogP contribution >= 0.6 is 0 Å². The topological polar surface area (TPSA) is 70.7 Å². The number of ether oxygens (including phenoxy) is 1. The number of amides is 3. The highest BCUT2D eigenvalue weighted by Crippen LogP contribution is 2.17. The molecule has 0 aliphatic carbocycles. The van der Waals surface area contributed by atoms with E-state index in [0.717, 1.165) is 0 Å². The zero-order valence-corrected chi connectivity index (χ0v) is 13.0. The van der Waals surface area contributed by atoms with Gasteiger partial charge in [-0.05, 0) is 32.9 Å². The molecule has 0 bridgehead atoms. The summed E-state index contributed by atoms with van der Waals surface area (Å²) in [6.45, 7) is 6.06. The van der Waals surface area contributed by atoms with Gasteiger partial charge in [0.05, 0.1) is 7.11 Å². The standard InChI is InChI=1S/C15H23N3O3/c1-5-18(10-14(19)16-11(2)3)15(20)17-12-7-6-8-13(9-12)21-4/h6-9,11H,5,10H2,1-4H3,(H,16,19)(H,17,20). The molecule has 0 aliphatic rings. The van der Waals surface area contributed by atoms with Crippen LogP contribution in [-0.4, -0.2) is 43.1 Å². The van der Waals surface area contributed by atoms with Crippen LogP contribution in [0.2, 0.25) is 0 Å². The van der Waals surface area contributed by atoms with Gasteiger partial charge in [0.25, 0.3) is 0 Å². The van der Waals surface area contributed by atoms with E-state index in [1.54, 1.807) is 31.4 Å². The third-order valence-electron chi connectivity index (χ3n) is 2.77. The van der Waals surface area contributed by atoms with Crippen molar-refractivity contribution in [3.63, 3.8) is 0 Å². The van der Waals surface area contributed by atoms with E-state index in [1.165, 1.54) is 4.90 Å². The van der Waals surface area contributed by atoms with Crippen molar-refractivity contribution in [1.29, 1.82) is 0 Å². The van der Waals surface area contributed by atoms with Crippen molar-refractivity contribution in [3.05, 3.63) is 24.3 Å². The lowest BCUT2D eigenvalue weighted by atomic mass is 10.3. The smallest absolute Gasteiger partial charge is 0.322 e. The Balaban J connectivity index is 2.64. The highest BCUT2D eigenvalue weighted by Gasteiger charge is 2.16. The Labute approximate surface area is 125 Å². The quantitative estimate of drug-likeness (QED) is 0.843. The number of likely N-dealkylation sites (N-methyl/N-ethyl adjacent to an activating group) is 1. The van der Waals surface area contributed by atoms with E-state index in [-0.39, 0.29) is 24.5 Å². The van der Waals surface area contributed by atoms with Crippen LogP contribution < -0.4 is 15.4 Å². The third kappa shape index (κ3) is 5.72. The molecule has 0 fully saturated rings. The Kier molecular flexibility index (Phi) is 6.52. The number of carbonyl (C=O) groups excluding carboxylic acids is 2. The predicted octanol–water partition coefficient (Wildman–Crippen LogP) is 2.07. The molecule has 1 aromatic carbocycles. The first-order chi connectivity index (χ1) is 9.96. The molecule has 0 heterocycles. The van der Waals surface area contributed by atoms with E-state index in [4.69, 9.17) is 4.74 Å². The lowest BCUT2D eigenvalue weighted by molar-refractivity contribution is -0.122. The number of hydrogen-bond donors (Lipinski definition) is 2. The average Bonchev–Trinajstić information content (AvgIpc) is 2.44. The molecular formula is C15H23N3O3. The van der Waals surface area contributed by atoms with Crippen LogP contribution in [0.5, 0.6) is 5.75 Å². The summed E-state index contributed by atoms with van der Waals surface area (Å²) in [6.07, 6.45) is 0. The zero-order chi connectivity index (χ0) is 15.8. The largest absolute Gasteiger partial charge is 0.497 e. The van der Waals surface area contributed by atoms with Gasteiger partial charge in [0.1, 0.15) is 12.3 Å². The van der Waals surface area contributed by atoms with Crippen molar-refractivity contribution in [2.45, 2.75) is 26.8 Å². The monoisotopic (exact) mass is 293 g/mol. The number of rotatable bonds is 6. The number of methoxy groups -OCH3 is 1. The summed E-state index contributed by atoms with van der Waals surface area (Å²) in [4.78, 5) is 25.3. The second-order valence-corrected chi connectivity index (χ2v) is 4.90. The van der Waals surface area contributed by atoms with Crippen LogP contribution in [0.4, 0.5) is 10.5 Å². The zero-order valence-electron chi connectivity index (χ0n) is 13.0. The number of hydrogen-bond acceptors (Lipinski definition) is 3. The van der Waals surface area contributed by atoms with Crippen LogP contribution in [0.1, 0.15) is 20.8 Å². The van der Waals surface area contributed by atoms with Crippen LogP contribution in [0, 0.1) is 0 Å². The summed E-state index contributed by atoms with van der Waals surface area (Å²) in [5.41, 5.74) is 0.627. The summed E-state index contributed by atoms with van der Waals surface area (Å²) < 4.78 is 5.10. The SMILES string of the molecule is CCN(CC(=O)NC(C)C)C(=O)Nc1cccc(OC)c1. The maximum absolute atomic E-state index is 12.2. The fourth-order valence-corrected chi connectivity index (χ4v) is 1.77. The number of carbonyl (C=O) groups is 2. The van der Waals surface area contributed by atoms with Gasteiger partial charge in [0.2, 0.25) is 5.91 Å². The maximum atomic E-state index is 12.2. The number of urea groups is 1. The van der Waals surface area contributed by atoms with Gasteiger partial charge in [-0.3, -0.25) is 4.79 Å². The van der Waals surface area contributed by atoms with Crippen molar-refractivity contribution >= 4 is 17.6 Å². The molecule has 0 unspecified atom stereocenters. The van der Waals surface area contributed by atoms with Gasteiger partial charge in [0.15, 0.2) is 0 Å². The minimum absolute atomic E-state index is 0.0322. The number of nitrogens with one attached hydrogen (secondary N) is 2. The molecule has 6 nitrogen and oxygen atoms in total. The first kappa shape index (κ1) is 16.8. The molecule has 0 atom stereocenters. The fourth-order valence-electron chi connectivity index (χ4n) is 1.77. The van der Waals surface area contributed by atoms with Crippen LogP contribution in [0.15, 0.2) is 24.3 Å². The second kappa shape index (κ2) is 8.14. The van der Waals surface area contributed by atoms with E-state index in [9.17, 15) is 9.59 Å². The summed E-state index contributed by atoms with van der Waals surface area (Å²) in [5, 5.41) is 5.52. The van der Waals surface area contributed by atoms with Gasteiger partial charge in [-0.2, -0.15) is 0 Å². The Morgan fingerprint density at radius 2 is 2.05 bits per heavy atom. The number of benzene rings is 1. The van der Waals surface area contributed by atoms with Gasteiger partial charge in [0, 0.05) is 24.3 Å². The van der Waals surface area contributed by atoms with Crippen molar-refractivity contribution < 1.29 is 14.3 Å². The van der Waals surface area contributed by atoms with Gasteiger partial charge in [-0.25, -0.2) is 4.79 Å². The predicted molar refractivity (Wildman–Crippen MR) is 82.5 cm³/mol. The van der Waals surface area contributed by atoms with Gasteiger partial charge < -0.3 is 20.3 Å². The van der Waals surface area contributed by atoms with Gasteiger partial charge in [-0.15, -0.1) is 0 Å². The lowest BCUT2D eigenvalue weighted by Gasteiger charge is -2.21. The van der Waals surface area contributed by atoms with Gasteiger partial charge >= 0.3 is 6.03 Å². The molecule has 116 valence electrons. The first-order valence-corrected chi connectivity index (χ1v) is 6.95. The molecule has 2 N–H and O–H groups in total. The van der Waals surface area contributed by atoms with E-state index in [1.807, 2.05) is 20.8 Å². The van der Waals surface area contributed by atoms with Gasteiger partial charge in [-0.1, -0.05) is 6.07 Å². The molecule has 0 saturated carbocycles. The van der Waals surface area contributed by atoms with E-state index in [2.05, 4.69) is 10.6 Å². The van der Waals surface area contributed by atoms with Crippen molar-refractivity contribution in [2.75, 3.05) is 25.5 Å². The number of nitrogens with zero attached hydrogens (tertiary/aromatic N) is 1. The van der Waals surface area contributed by atoms with Crippen molar-refractivity contribution in [2.24, 2.45) is 0 Å². The van der Waals surface area contributed by atoms with Crippen molar-refractivity contribution in [3.8, 4) is 5.75 Å². The summed E-state index contributed by atoms with van der Waals surface area (Å²) in [5.74, 6) is 0.487. The van der Waals surface area contributed by atoms with Crippen LogP contribution in [0.25, 0.3) is 0 Å². The Morgan fingerprint density at radius 1 is 1.33 bits per heavy atom. The minimum atomic E-state index is -0.315. The van der Waals surface area contributed by atoms with E-state index in [0.29, 0.717) is 18.0 Å². The minimum Gasteiger partial charge on any atom is -0.497 e. The molecule has 1 aromatic rings. The average molecular weight is 293 g/mol. The second-order valence-electron chi connectivity index (χ2n) is 4.90. The molecule has 0 aliphatic heterocycles. The Morgan fingerprint density at radius 3 is 2.62 bits per heavy atom. The Hall–Kier alpha value is -2.24. The molecule has 1 rings (SSSR count). The number of anilines is 1. The summed E-state index contributed by atoms with van der Waals surface area (Å²) in [6, 6.07) is 6.81. The first-order valence-electron chi connectivity index (χ1n) is 6.95. The molecule has 0 spiro atoms. The summed E-state index contributed by atoms with van der Waals surface area (Å²) >= 11 is 0. The van der Waals surface area contributed by atoms with Crippen LogP contribution in [0.3, 0.4) is 0 Å². The molecule has 6 heteroatoms. The normalized spacial score (nSPS) is 10.1. The highest BCUT2D eigenvalue weighted by molar-refractivity contribution is 5.92. The highest BCUT2D eigenvalue weighted by atomic mass is 16.5. The van der Waals surface area contributed by atoms with E-state index < -0.39 is 0 Å². The molecular weight excluding hydrogens is 270 g/mol. The Bertz CT molecular complexity index is 489. The van der Waals surface area contributed by atoms with E-state index >= 15 is 0 Å². The molecule has 0 aromatic heterocycles. The fraction of sp³-hybridized carbons (Fsp3) is 0.467. The molecule has 3 amide bonds. The maximum Gasteiger partial charge on any atom is 0.322 e. The third-order valence-corrected chi connectivity index (χ3v) is 2.77. The van der Waals surface area contributed by atoms with Crippen LogP contribution in [-0.2, 0) is 4.79 Å². The molecule has 0 saturated heterocycles. The summed E-state index contributed by atoms with van der Waals surface area (Å²) in [7, 11) is 1.57. The molecule has 21 heavy (non-hydrogen) atoms. The van der Waals surface area contributed by atoms with Crippen molar-refractivity contribution in [1.82, 2.24) is 10.2 Å². The molecule has 0 radical (unpaired) electrons. The lowest BCUT2D eigenvalue weighted by Crippen LogP contribution is -2.44.